The van der Waals surface area contributed by atoms with Gasteiger partial charge < -0.3 is 26.2 Å². The standard InChI is InChI=1S/C22H23N7O3/c1-2-32-17-8-7-13-5-3-4-6-14(13)16(17)12-29(10-9-18(30)31)22-25-11-15-19(23)26-21(24)27-20(15)28-22/h3-8,11H,2,9-10,12H2,1H3,(H,30,31)(H4,23,24,25,26,27,28). The third-order valence-electron chi connectivity index (χ3n) is 5.01. The molecule has 0 aliphatic heterocycles. The third-order valence-corrected chi connectivity index (χ3v) is 5.01. The maximum Gasteiger partial charge on any atom is 0.305 e. The molecule has 0 amide bonds. The first kappa shape index (κ1) is 21.0. The Bertz CT molecular complexity index is 1300. The molecule has 4 aromatic rings. The smallest absolute Gasteiger partial charge is 0.305 e. The number of nitrogens with two attached hydrogens (primary N) is 2. The fourth-order valence-corrected chi connectivity index (χ4v) is 3.54. The lowest BCUT2D eigenvalue weighted by Gasteiger charge is -2.24. The highest BCUT2D eigenvalue weighted by atomic mass is 16.5. The van der Waals surface area contributed by atoms with Crippen molar-refractivity contribution in [1.82, 2.24) is 19.9 Å². The van der Waals surface area contributed by atoms with Gasteiger partial charge in [0.15, 0.2) is 5.65 Å². The summed E-state index contributed by atoms with van der Waals surface area (Å²) in [6.07, 6.45) is 1.43. The van der Waals surface area contributed by atoms with E-state index in [0.29, 0.717) is 30.1 Å². The summed E-state index contributed by atoms with van der Waals surface area (Å²) in [6.45, 7) is 2.95. The molecule has 0 aliphatic rings. The van der Waals surface area contributed by atoms with Gasteiger partial charge in [-0.3, -0.25) is 4.79 Å². The number of nitrogen functional groups attached to an aromatic ring is 2. The van der Waals surface area contributed by atoms with Gasteiger partial charge in [0.1, 0.15) is 11.6 Å². The van der Waals surface area contributed by atoms with E-state index in [1.54, 1.807) is 4.90 Å². The Morgan fingerprint density at radius 1 is 1.09 bits per heavy atom. The zero-order chi connectivity index (χ0) is 22.7. The number of hydrogen-bond acceptors (Lipinski definition) is 9. The highest BCUT2D eigenvalue weighted by Gasteiger charge is 2.18. The number of carboxylic acid groups (broad SMARTS) is 1. The number of benzene rings is 2. The molecule has 4 rings (SSSR count). The number of carbonyl (C=O) groups is 1. The van der Waals surface area contributed by atoms with Gasteiger partial charge in [-0.2, -0.15) is 15.0 Å². The highest BCUT2D eigenvalue weighted by Crippen LogP contribution is 2.31. The van der Waals surface area contributed by atoms with Crippen molar-refractivity contribution < 1.29 is 14.6 Å². The topological polar surface area (TPSA) is 153 Å². The molecule has 2 aromatic carbocycles. The van der Waals surface area contributed by atoms with Crippen LogP contribution in [0.4, 0.5) is 17.7 Å². The van der Waals surface area contributed by atoms with E-state index in [9.17, 15) is 9.90 Å². The number of fused-ring (bicyclic) bond motifs is 2. The lowest BCUT2D eigenvalue weighted by molar-refractivity contribution is -0.136. The van der Waals surface area contributed by atoms with Gasteiger partial charge in [0.2, 0.25) is 11.9 Å². The van der Waals surface area contributed by atoms with Crippen molar-refractivity contribution in [1.29, 1.82) is 0 Å². The first-order chi connectivity index (χ1) is 15.5. The summed E-state index contributed by atoms with van der Waals surface area (Å²) in [5.41, 5.74) is 12.8. The van der Waals surface area contributed by atoms with Crippen LogP contribution in [0.15, 0.2) is 42.6 Å². The van der Waals surface area contributed by atoms with Gasteiger partial charge in [0, 0.05) is 18.3 Å². The van der Waals surface area contributed by atoms with Crippen LogP contribution in [0.3, 0.4) is 0 Å². The summed E-state index contributed by atoms with van der Waals surface area (Å²) in [5.74, 6) is 0.303. The van der Waals surface area contributed by atoms with E-state index in [1.807, 2.05) is 43.3 Å². The van der Waals surface area contributed by atoms with Gasteiger partial charge in [-0.05, 0) is 23.8 Å². The average Bonchev–Trinajstić information content (AvgIpc) is 2.77. The van der Waals surface area contributed by atoms with Crippen LogP contribution >= 0.6 is 0 Å². The molecule has 0 bridgehead atoms. The zero-order valence-electron chi connectivity index (χ0n) is 17.5. The third kappa shape index (κ3) is 4.29. The maximum absolute atomic E-state index is 11.3. The van der Waals surface area contributed by atoms with Gasteiger partial charge in [0.05, 0.1) is 25.0 Å². The summed E-state index contributed by atoms with van der Waals surface area (Å²) in [6, 6.07) is 11.9. The predicted octanol–water partition coefficient (Wildman–Crippen LogP) is 2.62. The van der Waals surface area contributed by atoms with Crippen LogP contribution < -0.4 is 21.1 Å². The number of aromatic nitrogens is 4. The summed E-state index contributed by atoms with van der Waals surface area (Å²) < 4.78 is 5.87. The van der Waals surface area contributed by atoms with E-state index in [0.717, 1.165) is 22.1 Å². The number of anilines is 3. The van der Waals surface area contributed by atoms with E-state index < -0.39 is 5.97 Å². The normalized spacial score (nSPS) is 11.0. The molecule has 2 aromatic heterocycles. The maximum atomic E-state index is 11.3. The summed E-state index contributed by atoms with van der Waals surface area (Å²) >= 11 is 0. The van der Waals surface area contributed by atoms with Crippen LogP contribution in [0.2, 0.25) is 0 Å². The Labute approximate surface area is 183 Å². The molecule has 0 unspecified atom stereocenters. The molecule has 32 heavy (non-hydrogen) atoms. The van der Waals surface area contributed by atoms with Crippen molar-refractivity contribution in [3.63, 3.8) is 0 Å². The lowest BCUT2D eigenvalue weighted by Crippen LogP contribution is -2.28. The molecule has 5 N–H and O–H groups in total. The van der Waals surface area contributed by atoms with E-state index >= 15 is 0 Å². The van der Waals surface area contributed by atoms with Crippen LogP contribution in [-0.4, -0.2) is 44.2 Å². The number of ether oxygens (including phenoxy) is 1. The lowest BCUT2D eigenvalue weighted by atomic mass is 10.0. The fraction of sp³-hybridized carbons (Fsp3) is 0.227. The summed E-state index contributed by atoms with van der Waals surface area (Å²) in [5, 5.41) is 11.8. The van der Waals surface area contributed by atoms with Crippen molar-refractivity contribution in [2.24, 2.45) is 0 Å². The van der Waals surface area contributed by atoms with E-state index in [2.05, 4.69) is 19.9 Å². The molecular formula is C22H23N7O3. The van der Waals surface area contributed by atoms with E-state index in [-0.39, 0.29) is 24.7 Å². The Hall–Kier alpha value is -4.21. The molecular weight excluding hydrogens is 410 g/mol. The molecule has 164 valence electrons. The van der Waals surface area contributed by atoms with E-state index in [4.69, 9.17) is 16.2 Å². The first-order valence-electron chi connectivity index (χ1n) is 10.1. The number of rotatable bonds is 8. The second kappa shape index (κ2) is 8.88. The van der Waals surface area contributed by atoms with Crippen LogP contribution in [0.1, 0.15) is 18.9 Å². The number of carboxylic acids is 1. The largest absolute Gasteiger partial charge is 0.494 e. The number of aliphatic carboxylic acids is 1. The van der Waals surface area contributed by atoms with E-state index in [1.165, 1.54) is 6.20 Å². The van der Waals surface area contributed by atoms with Crippen molar-refractivity contribution in [3.8, 4) is 5.75 Å². The highest BCUT2D eigenvalue weighted by molar-refractivity contribution is 5.88. The van der Waals surface area contributed by atoms with Crippen LogP contribution in [0.5, 0.6) is 5.75 Å². The van der Waals surface area contributed by atoms with Crippen molar-refractivity contribution in [3.05, 3.63) is 48.2 Å². The van der Waals surface area contributed by atoms with Crippen molar-refractivity contribution >= 4 is 45.5 Å². The van der Waals surface area contributed by atoms with Gasteiger partial charge in [0.25, 0.3) is 0 Å². The second-order valence-corrected chi connectivity index (χ2v) is 7.14. The quantitative estimate of drug-likeness (QED) is 0.378. The SMILES string of the molecule is CCOc1ccc2ccccc2c1CN(CCC(=O)O)c1ncc2c(N)nc(N)nc2n1. The molecule has 0 atom stereocenters. The minimum Gasteiger partial charge on any atom is -0.494 e. The molecule has 0 aliphatic carbocycles. The Morgan fingerprint density at radius 2 is 1.91 bits per heavy atom. The zero-order valence-corrected chi connectivity index (χ0v) is 17.5. The molecule has 2 heterocycles. The number of nitrogens with zero attached hydrogens (tertiary/aromatic N) is 5. The average molecular weight is 433 g/mol. The molecule has 10 heteroatoms. The monoisotopic (exact) mass is 433 g/mol. The minimum absolute atomic E-state index is 0.00409. The molecule has 0 fully saturated rings. The summed E-state index contributed by atoms with van der Waals surface area (Å²) in [4.78, 5) is 30.1. The molecule has 0 spiro atoms. The van der Waals surface area contributed by atoms with Gasteiger partial charge in [-0.1, -0.05) is 30.3 Å². The molecule has 0 saturated carbocycles. The Morgan fingerprint density at radius 3 is 2.69 bits per heavy atom. The van der Waals surface area contributed by atoms with Crippen molar-refractivity contribution in [2.75, 3.05) is 29.5 Å². The second-order valence-electron chi connectivity index (χ2n) is 7.14. The van der Waals surface area contributed by atoms with Crippen LogP contribution in [0, 0.1) is 0 Å². The van der Waals surface area contributed by atoms with Crippen LogP contribution in [-0.2, 0) is 11.3 Å². The van der Waals surface area contributed by atoms with Crippen molar-refractivity contribution in [2.45, 2.75) is 19.9 Å². The molecule has 0 radical (unpaired) electrons. The van der Waals surface area contributed by atoms with Gasteiger partial charge >= 0.3 is 5.97 Å². The molecule has 0 saturated heterocycles. The van der Waals surface area contributed by atoms with Gasteiger partial charge in [-0.25, -0.2) is 4.98 Å². The molecule has 10 nitrogen and oxygen atoms in total. The predicted molar refractivity (Wildman–Crippen MR) is 122 cm³/mol. The summed E-state index contributed by atoms with van der Waals surface area (Å²) in [7, 11) is 0. The van der Waals surface area contributed by atoms with Crippen LogP contribution in [0.25, 0.3) is 21.8 Å². The fourth-order valence-electron chi connectivity index (χ4n) is 3.54. The Balaban J connectivity index is 1.81. The minimum atomic E-state index is -0.922. The Kier molecular flexibility index (Phi) is 5.84. The first-order valence-corrected chi connectivity index (χ1v) is 10.1. The number of hydrogen-bond donors (Lipinski definition) is 3. The van der Waals surface area contributed by atoms with Gasteiger partial charge in [-0.15, -0.1) is 0 Å².